The van der Waals surface area contributed by atoms with Crippen LogP contribution in [0.4, 0.5) is 5.69 Å². The van der Waals surface area contributed by atoms with Crippen molar-refractivity contribution in [3.63, 3.8) is 0 Å². The number of methoxy groups -OCH3 is 1. The van der Waals surface area contributed by atoms with Crippen LogP contribution in [0.25, 0.3) is 11.6 Å². The Kier molecular flexibility index (Phi) is 5.74. The number of benzene rings is 3. The molecule has 29 heavy (non-hydrogen) atoms. The average Bonchev–Trinajstić information content (AvgIpc) is 3.03. The summed E-state index contributed by atoms with van der Waals surface area (Å²) in [5, 5.41) is 2.89. The van der Waals surface area contributed by atoms with Crippen LogP contribution in [-0.2, 0) is 11.4 Å². The zero-order valence-corrected chi connectivity index (χ0v) is 18.7. The highest BCUT2D eigenvalue weighted by Gasteiger charge is 2.23. The molecule has 3 aromatic rings. The second kappa shape index (κ2) is 8.43. The molecule has 0 saturated carbocycles. The minimum Gasteiger partial charge on any atom is -0.493 e. The Morgan fingerprint density at radius 1 is 1.03 bits per heavy atom. The maximum Gasteiger partial charge on any atom is 0.256 e. The molecule has 0 radical (unpaired) electrons. The summed E-state index contributed by atoms with van der Waals surface area (Å²) in [7, 11) is 1.60. The van der Waals surface area contributed by atoms with E-state index in [0.29, 0.717) is 23.7 Å². The van der Waals surface area contributed by atoms with E-state index in [9.17, 15) is 4.79 Å². The topological polar surface area (TPSA) is 47.6 Å². The van der Waals surface area contributed by atoms with E-state index in [1.165, 1.54) is 0 Å². The molecule has 0 bridgehead atoms. The van der Waals surface area contributed by atoms with Crippen LogP contribution in [0.5, 0.6) is 11.5 Å². The molecule has 0 atom stereocenters. The third-order valence-electron chi connectivity index (χ3n) is 4.57. The van der Waals surface area contributed by atoms with Gasteiger partial charge in [0.25, 0.3) is 5.91 Å². The van der Waals surface area contributed by atoms with Crippen LogP contribution in [0.1, 0.15) is 16.7 Å². The second-order valence-electron chi connectivity index (χ2n) is 6.51. The lowest BCUT2D eigenvalue weighted by molar-refractivity contribution is -0.110. The highest BCUT2D eigenvalue weighted by Crippen LogP contribution is 2.39. The molecule has 1 aliphatic heterocycles. The van der Waals surface area contributed by atoms with Crippen molar-refractivity contribution >= 4 is 55.1 Å². The van der Waals surface area contributed by atoms with E-state index in [2.05, 4.69) is 37.2 Å². The van der Waals surface area contributed by atoms with Crippen LogP contribution in [-0.4, -0.2) is 13.0 Å². The van der Waals surface area contributed by atoms with Crippen LogP contribution >= 0.6 is 31.9 Å². The molecule has 0 aliphatic carbocycles. The zero-order chi connectivity index (χ0) is 20.4. The Bertz CT molecular complexity index is 1110. The van der Waals surface area contributed by atoms with Crippen molar-refractivity contribution in [3.05, 3.63) is 86.3 Å². The maximum atomic E-state index is 12.4. The number of rotatable bonds is 5. The molecule has 0 saturated heterocycles. The smallest absolute Gasteiger partial charge is 0.256 e. The first kappa shape index (κ1) is 19.7. The van der Waals surface area contributed by atoms with E-state index in [1.807, 2.05) is 66.7 Å². The van der Waals surface area contributed by atoms with Crippen molar-refractivity contribution in [2.24, 2.45) is 0 Å². The van der Waals surface area contributed by atoms with Crippen LogP contribution in [0, 0.1) is 0 Å². The lowest BCUT2D eigenvalue weighted by Crippen LogP contribution is -2.03. The monoisotopic (exact) mass is 513 g/mol. The number of halogens is 2. The van der Waals surface area contributed by atoms with Gasteiger partial charge < -0.3 is 14.8 Å². The van der Waals surface area contributed by atoms with Gasteiger partial charge in [0.1, 0.15) is 6.61 Å². The summed E-state index contributed by atoms with van der Waals surface area (Å²) in [6, 6.07) is 19.4. The number of ether oxygens (including phenoxy) is 2. The first-order valence-electron chi connectivity index (χ1n) is 8.92. The molecule has 1 amide bonds. The second-order valence-corrected chi connectivity index (χ2v) is 8.28. The van der Waals surface area contributed by atoms with Gasteiger partial charge in [-0.1, -0.05) is 46.3 Å². The number of carbonyl (C=O) groups is 1. The molecule has 0 fully saturated rings. The van der Waals surface area contributed by atoms with Crippen molar-refractivity contribution in [2.75, 3.05) is 12.4 Å². The first-order valence-corrected chi connectivity index (χ1v) is 10.5. The number of hydrogen-bond acceptors (Lipinski definition) is 3. The van der Waals surface area contributed by atoms with E-state index in [4.69, 9.17) is 9.47 Å². The number of fused-ring (bicyclic) bond motifs is 1. The summed E-state index contributed by atoms with van der Waals surface area (Å²) >= 11 is 7.01. The van der Waals surface area contributed by atoms with Gasteiger partial charge in [0.05, 0.1) is 11.6 Å². The Morgan fingerprint density at radius 3 is 2.55 bits per heavy atom. The van der Waals surface area contributed by atoms with E-state index in [1.54, 1.807) is 7.11 Å². The maximum absolute atomic E-state index is 12.4. The summed E-state index contributed by atoms with van der Waals surface area (Å²) in [5.41, 5.74) is 4.23. The Morgan fingerprint density at radius 2 is 1.79 bits per heavy atom. The molecular weight excluding hydrogens is 498 g/mol. The normalized spacial score (nSPS) is 13.9. The van der Waals surface area contributed by atoms with Crippen LogP contribution in [0.2, 0.25) is 0 Å². The van der Waals surface area contributed by atoms with E-state index >= 15 is 0 Å². The molecule has 4 nitrogen and oxygen atoms in total. The van der Waals surface area contributed by atoms with E-state index in [-0.39, 0.29) is 5.91 Å². The Labute approximate surface area is 185 Å². The van der Waals surface area contributed by atoms with Gasteiger partial charge in [0, 0.05) is 21.3 Å². The standard InChI is InChI=1S/C23H17Br2NO3/c1-28-21-12-15(10-18-17-4-2-3-5-20(17)26-23(18)27)11-19(25)22(21)29-13-14-6-8-16(24)9-7-14/h2-12H,13H2,1H3,(H,26,27)/b18-10-. The van der Waals surface area contributed by atoms with Gasteiger partial charge in [0.2, 0.25) is 0 Å². The van der Waals surface area contributed by atoms with Crippen molar-refractivity contribution < 1.29 is 14.3 Å². The third kappa shape index (κ3) is 4.23. The molecule has 4 rings (SSSR count). The van der Waals surface area contributed by atoms with Gasteiger partial charge in [-0.05, 0) is 63.5 Å². The number of nitrogens with one attached hydrogen (secondary N) is 1. The largest absolute Gasteiger partial charge is 0.493 e. The van der Waals surface area contributed by atoms with Crippen LogP contribution in [0.3, 0.4) is 0 Å². The molecule has 3 aromatic carbocycles. The molecule has 146 valence electrons. The predicted molar refractivity (Wildman–Crippen MR) is 122 cm³/mol. The quantitative estimate of drug-likeness (QED) is 0.407. The molecule has 0 unspecified atom stereocenters. The molecular formula is C23H17Br2NO3. The highest BCUT2D eigenvalue weighted by atomic mass is 79.9. The number of amides is 1. The average molecular weight is 515 g/mol. The number of carbonyl (C=O) groups excluding carboxylic acids is 1. The summed E-state index contributed by atoms with van der Waals surface area (Å²) in [6.07, 6.45) is 1.85. The number of para-hydroxylation sites is 1. The van der Waals surface area contributed by atoms with Gasteiger partial charge in [0.15, 0.2) is 11.5 Å². The summed E-state index contributed by atoms with van der Waals surface area (Å²) in [5.74, 6) is 1.10. The van der Waals surface area contributed by atoms with Crippen molar-refractivity contribution in [3.8, 4) is 11.5 Å². The van der Waals surface area contributed by atoms with E-state index < -0.39 is 0 Å². The van der Waals surface area contributed by atoms with Gasteiger partial charge in [-0.2, -0.15) is 0 Å². The SMILES string of the molecule is COc1cc(/C=C2\C(=O)Nc3ccccc32)cc(Br)c1OCc1ccc(Br)cc1. The van der Waals surface area contributed by atoms with Crippen molar-refractivity contribution in [1.82, 2.24) is 0 Å². The number of hydrogen-bond donors (Lipinski definition) is 1. The van der Waals surface area contributed by atoms with Gasteiger partial charge in [-0.25, -0.2) is 0 Å². The fourth-order valence-electron chi connectivity index (χ4n) is 3.15. The lowest BCUT2D eigenvalue weighted by Gasteiger charge is -2.14. The van der Waals surface area contributed by atoms with Crippen LogP contribution in [0.15, 0.2) is 69.6 Å². The minimum absolute atomic E-state index is 0.114. The highest BCUT2D eigenvalue weighted by molar-refractivity contribution is 9.10. The van der Waals surface area contributed by atoms with Crippen molar-refractivity contribution in [2.45, 2.75) is 6.61 Å². The molecule has 1 aliphatic rings. The minimum atomic E-state index is -0.114. The molecule has 1 heterocycles. The Balaban J connectivity index is 1.63. The molecule has 6 heteroatoms. The first-order chi connectivity index (χ1) is 14.0. The Hall–Kier alpha value is -2.57. The molecule has 1 N–H and O–H groups in total. The van der Waals surface area contributed by atoms with Gasteiger partial charge >= 0.3 is 0 Å². The molecule has 0 aromatic heterocycles. The fraction of sp³-hybridized carbons (Fsp3) is 0.0870. The fourth-order valence-corrected chi connectivity index (χ4v) is 3.99. The van der Waals surface area contributed by atoms with Gasteiger partial charge in [-0.15, -0.1) is 0 Å². The summed E-state index contributed by atoms with van der Waals surface area (Å²) < 4.78 is 13.3. The van der Waals surface area contributed by atoms with Crippen molar-refractivity contribution in [1.29, 1.82) is 0 Å². The van der Waals surface area contributed by atoms with Gasteiger partial charge in [-0.3, -0.25) is 4.79 Å². The van der Waals surface area contributed by atoms with Crippen LogP contribution < -0.4 is 14.8 Å². The number of anilines is 1. The zero-order valence-electron chi connectivity index (χ0n) is 15.5. The summed E-state index contributed by atoms with van der Waals surface area (Å²) in [6.45, 7) is 0.415. The predicted octanol–water partition coefficient (Wildman–Crippen LogP) is 6.29. The van der Waals surface area contributed by atoms with E-state index in [0.717, 1.165) is 31.3 Å². The summed E-state index contributed by atoms with van der Waals surface area (Å²) in [4.78, 5) is 12.4. The molecule has 0 spiro atoms. The third-order valence-corrected chi connectivity index (χ3v) is 5.69. The lowest BCUT2D eigenvalue weighted by atomic mass is 10.0.